The van der Waals surface area contributed by atoms with Gasteiger partial charge in [0.25, 0.3) is 5.95 Å². The minimum Gasteiger partial charge on any atom is -0.493 e. The molecular weight excluding hydrogens is 511 g/mol. The third-order valence-electron chi connectivity index (χ3n) is 4.34. The first-order chi connectivity index (χ1) is 16.6. The topological polar surface area (TPSA) is 129 Å². The normalized spacial score (nSPS) is 11.5. The van der Waals surface area contributed by atoms with E-state index in [0.29, 0.717) is 17.1 Å². The highest BCUT2D eigenvalue weighted by Gasteiger charge is 2.33. The predicted molar refractivity (Wildman–Crippen MR) is 127 cm³/mol. The molecule has 1 heterocycles. The summed E-state index contributed by atoms with van der Waals surface area (Å²) in [6.45, 7) is 0. The van der Waals surface area contributed by atoms with Gasteiger partial charge in [-0.25, -0.2) is 10.1 Å². The molecule has 0 spiro atoms. The van der Waals surface area contributed by atoms with E-state index >= 15 is 0 Å². The average molecular weight is 530 g/mol. The van der Waals surface area contributed by atoms with E-state index in [1.54, 1.807) is 18.2 Å². The number of hydrazone groups is 1. The molecule has 3 aromatic rings. The van der Waals surface area contributed by atoms with Crippen molar-refractivity contribution in [3.05, 3.63) is 52.5 Å². The Morgan fingerprint density at radius 2 is 1.94 bits per heavy atom. The lowest BCUT2D eigenvalue weighted by Crippen LogP contribution is -2.17. The maximum absolute atomic E-state index is 13.0. The Morgan fingerprint density at radius 3 is 2.63 bits per heavy atom. The van der Waals surface area contributed by atoms with Crippen molar-refractivity contribution in [1.82, 2.24) is 14.9 Å². The van der Waals surface area contributed by atoms with Crippen LogP contribution in [0, 0.1) is 0 Å². The number of hydrogen-bond donors (Lipinski definition) is 3. The van der Waals surface area contributed by atoms with Gasteiger partial charge in [0.2, 0.25) is 11.1 Å². The molecule has 4 N–H and O–H groups in total. The number of thioether (sulfide) groups is 1. The van der Waals surface area contributed by atoms with Gasteiger partial charge in [0.05, 0.1) is 36.8 Å². The number of amides is 1. The third kappa shape index (κ3) is 6.70. The number of methoxy groups -OCH3 is 2. The van der Waals surface area contributed by atoms with Crippen molar-refractivity contribution in [3.8, 4) is 11.5 Å². The number of aromatic nitrogens is 3. The van der Waals surface area contributed by atoms with Crippen LogP contribution in [0.4, 0.5) is 24.8 Å². The number of anilines is 2. The van der Waals surface area contributed by atoms with E-state index < -0.39 is 22.7 Å². The molecule has 0 unspecified atom stereocenters. The number of benzene rings is 2. The summed E-state index contributed by atoms with van der Waals surface area (Å²) >= 11 is 6.51. The molecule has 3 rings (SSSR count). The highest BCUT2D eigenvalue weighted by molar-refractivity contribution is 7.99. The van der Waals surface area contributed by atoms with Crippen molar-refractivity contribution in [3.63, 3.8) is 0 Å². The Kier molecular flexibility index (Phi) is 8.30. The zero-order chi connectivity index (χ0) is 25.6. The second-order valence-corrected chi connectivity index (χ2v) is 8.04. The minimum atomic E-state index is -4.64. The van der Waals surface area contributed by atoms with Gasteiger partial charge in [-0.1, -0.05) is 23.4 Å². The van der Waals surface area contributed by atoms with Crippen LogP contribution in [0.5, 0.6) is 11.5 Å². The molecule has 0 saturated heterocycles. The van der Waals surface area contributed by atoms with Gasteiger partial charge in [-0.05, 0) is 42.0 Å². The highest BCUT2D eigenvalue weighted by Crippen LogP contribution is 2.36. The molecule has 35 heavy (non-hydrogen) atoms. The van der Waals surface area contributed by atoms with Crippen molar-refractivity contribution in [2.45, 2.75) is 11.3 Å². The molecule has 186 valence electrons. The molecule has 0 atom stereocenters. The fourth-order valence-corrected chi connectivity index (χ4v) is 3.58. The fourth-order valence-electron chi connectivity index (χ4n) is 2.70. The van der Waals surface area contributed by atoms with Crippen molar-refractivity contribution in [2.75, 3.05) is 36.6 Å². The van der Waals surface area contributed by atoms with Crippen LogP contribution in [-0.2, 0) is 11.0 Å². The van der Waals surface area contributed by atoms with Gasteiger partial charge in [0, 0.05) is 5.69 Å². The first-order valence-corrected chi connectivity index (χ1v) is 11.0. The zero-order valence-electron chi connectivity index (χ0n) is 18.3. The summed E-state index contributed by atoms with van der Waals surface area (Å²) < 4.78 is 50.4. The summed E-state index contributed by atoms with van der Waals surface area (Å²) in [4.78, 5) is 12.2. The van der Waals surface area contributed by atoms with Gasteiger partial charge in [-0.2, -0.15) is 18.3 Å². The van der Waals surface area contributed by atoms with E-state index in [2.05, 4.69) is 26.0 Å². The summed E-state index contributed by atoms with van der Waals surface area (Å²) in [6, 6.07) is 8.29. The van der Waals surface area contributed by atoms with E-state index in [1.807, 2.05) is 0 Å². The molecule has 1 aromatic heterocycles. The molecule has 10 nitrogen and oxygen atoms in total. The summed E-state index contributed by atoms with van der Waals surface area (Å²) in [5.74, 6) is 6.35. The maximum Gasteiger partial charge on any atom is 0.417 e. The molecule has 0 aliphatic carbocycles. The van der Waals surface area contributed by atoms with E-state index in [1.165, 1.54) is 26.5 Å². The van der Waals surface area contributed by atoms with Crippen molar-refractivity contribution >= 4 is 47.1 Å². The van der Waals surface area contributed by atoms with E-state index in [-0.39, 0.29) is 22.5 Å². The van der Waals surface area contributed by atoms with Gasteiger partial charge in [0.1, 0.15) is 0 Å². The number of halogens is 4. The molecule has 0 radical (unpaired) electrons. The monoisotopic (exact) mass is 529 g/mol. The number of nitrogens with one attached hydrogen (secondary N) is 2. The molecule has 0 aliphatic heterocycles. The van der Waals surface area contributed by atoms with Crippen LogP contribution in [0.25, 0.3) is 0 Å². The van der Waals surface area contributed by atoms with Gasteiger partial charge in [-0.3, -0.25) is 4.79 Å². The number of alkyl halides is 3. The Labute approximate surface area is 206 Å². The summed E-state index contributed by atoms with van der Waals surface area (Å²) in [6.07, 6.45) is -3.15. The lowest BCUT2D eigenvalue weighted by atomic mass is 10.2. The maximum atomic E-state index is 13.0. The van der Waals surface area contributed by atoms with Crippen LogP contribution in [0.15, 0.2) is 46.7 Å². The van der Waals surface area contributed by atoms with Gasteiger partial charge in [-0.15, -0.1) is 10.2 Å². The highest BCUT2D eigenvalue weighted by atomic mass is 35.5. The van der Waals surface area contributed by atoms with Crippen LogP contribution in [0.2, 0.25) is 5.02 Å². The number of nitrogens with two attached hydrogens (primary N) is 1. The molecule has 0 saturated carbocycles. The summed E-state index contributed by atoms with van der Waals surface area (Å²) in [7, 11) is 3.05. The van der Waals surface area contributed by atoms with Crippen LogP contribution in [0.1, 0.15) is 11.1 Å². The van der Waals surface area contributed by atoms with E-state index in [9.17, 15) is 18.0 Å². The number of ether oxygens (including phenoxy) is 2. The molecular formula is C20H19ClF3N7O3S. The number of carbonyl (C=O) groups is 1. The van der Waals surface area contributed by atoms with E-state index in [0.717, 1.165) is 28.6 Å². The number of nitrogen functional groups attached to an aromatic ring is 1. The minimum absolute atomic E-state index is 0.0478. The molecule has 0 bridgehead atoms. The van der Waals surface area contributed by atoms with Crippen LogP contribution >= 0.6 is 23.4 Å². The number of hydrogen-bond acceptors (Lipinski definition) is 9. The number of nitrogens with zero attached hydrogens (tertiary/aromatic N) is 4. The van der Waals surface area contributed by atoms with Crippen LogP contribution < -0.4 is 26.1 Å². The fraction of sp³-hybridized carbons (Fsp3) is 0.200. The second kappa shape index (κ2) is 11.2. The first kappa shape index (κ1) is 26.0. The van der Waals surface area contributed by atoms with Gasteiger partial charge < -0.3 is 20.6 Å². The van der Waals surface area contributed by atoms with Crippen molar-refractivity contribution in [1.29, 1.82) is 0 Å². The molecule has 0 fully saturated rings. The second-order valence-electron chi connectivity index (χ2n) is 6.69. The van der Waals surface area contributed by atoms with Crippen molar-refractivity contribution in [2.24, 2.45) is 5.10 Å². The molecule has 1 amide bonds. The Bertz CT molecular complexity index is 1240. The van der Waals surface area contributed by atoms with E-state index in [4.69, 9.17) is 26.9 Å². The smallest absolute Gasteiger partial charge is 0.417 e. The number of rotatable bonds is 9. The summed E-state index contributed by atoms with van der Waals surface area (Å²) in [5.41, 5.74) is 2.25. The Balaban J connectivity index is 1.57. The van der Waals surface area contributed by atoms with Crippen LogP contribution in [0.3, 0.4) is 0 Å². The largest absolute Gasteiger partial charge is 0.493 e. The van der Waals surface area contributed by atoms with Gasteiger partial charge in [0.15, 0.2) is 11.5 Å². The average Bonchev–Trinajstić information content (AvgIpc) is 3.17. The quantitative estimate of drug-likeness (QED) is 0.165. The third-order valence-corrected chi connectivity index (χ3v) is 5.61. The molecule has 0 aliphatic rings. The lowest BCUT2D eigenvalue weighted by molar-refractivity contribution is -0.137. The predicted octanol–water partition coefficient (Wildman–Crippen LogP) is 3.86. The standard InChI is InChI=1S/C20H19ClF3N7O3S/c1-33-15-6-3-11(7-16(15)34-2)9-26-28-18-29-30-19(31(18)25)35-10-17(32)27-12-4-5-14(21)13(8-12)20(22,23)24/h3-9H,10,25H2,1-2H3,(H,27,32)(H,28,29)/b26-9+. The SMILES string of the molecule is COc1ccc(/C=N/Nc2nnc(SCC(=O)Nc3ccc(Cl)c(C(F)(F)F)c3)n2N)cc1OC. The molecule has 15 heteroatoms. The lowest BCUT2D eigenvalue weighted by Gasteiger charge is -2.11. The van der Waals surface area contributed by atoms with Crippen molar-refractivity contribution < 1.29 is 27.4 Å². The van der Waals surface area contributed by atoms with Gasteiger partial charge >= 0.3 is 6.18 Å². The Hall–Kier alpha value is -3.65. The molecule has 2 aromatic carbocycles. The first-order valence-electron chi connectivity index (χ1n) is 9.63. The zero-order valence-corrected chi connectivity index (χ0v) is 19.8. The Morgan fingerprint density at radius 1 is 1.20 bits per heavy atom. The van der Waals surface area contributed by atoms with Crippen LogP contribution in [-0.4, -0.2) is 47.0 Å². The summed E-state index contributed by atoms with van der Waals surface area (Å²) in [5, 5.41) is 13.8. The number of carbonyl (C=O) groups excluding carboxylic acids is 1.